The van der Waals surface area contributed by atoms with Gasteiger partial charge in [0, 0.05) is 19.4 Å². The first-order valence-corrected chi connectivity index (χ1v) is 10.6. The van der Waals surface area contributed by atoms with E-state index in [1.165, 1.54) is 14.2 Å². The highest BCUT2D eigenvalue weighted by Gasteiger charge is 2.30. The predicted octanol–water partition coefficient (Wildman–Crippen LogP) is 4.16. The van der Waals surface area contributed by atoms with Crippen LogP contribution in [0, 0.1) is 0 Å². The number of amides is 2. The van der Waals surface area contributed by atoms with Crippen LogP contribution in [0.4, 0.5) is 4.79 Å². The molecule has 0 fully saturated rings. The molecule has 32 heavy (non-hydrogen) atoms. The summed E-state index contributed by atoms with van der Waals surface area (Å²) in [6.45, 7) is 0.187. The van der Waals surface area contributed by atoms with E-state index >= 15 is 0 Å². The number of hydrogen-bond donors (Lipinski definition) is 1. The number of carbonyl (C=O) groups excluding carboxylic acids is 2. The van der Waals surface area contributed by atoms with E-state index < -0.39 is 12.1 Å². The quantitative estimate of drug-likeness (QED) is 0.572. The summed E-state index contributed by atoms with van der Waals surface area (Å²) in [5.41, 5.74) is 5.52. The van der Waals surface area contributed by atoms with E-state index in [1.807, 2.05) is 54.6 Å². The first kappa shape index (κ1) is 21.6. The van der Waals surface area contributed by atoms with Crippen molar-refractivity contribution < 1.29 is 19.2 Å². The number of benzene rings is 3. The van der Waals surface area contributed by atoms with Crippen molar-refractivity contribution in [2.24, 2.45) is 0 Å². The van der Waals surface area contributed by atoms with Gasteiger partial charge in [0.05, 0.1) is 7.11 Å². The zero-order valence-corrected chi connectivity index (χ0v) is 18.2. The van der Waals surface area contributed by atoms with Gasteiger partial charge in [-0.25, -0.2) is 9.86 Å². The molecule has 164 valence electrons. The average molecular weight is 431 g/mol. The summed E-state index contributed by atoms with van der Waals surface area (Å²) >= 11 is 0. The van der Waals surface area contributed by atoms with Gasteiger partial charge in [0.15, 0.2) is 0 Å². The van der Waals surface area contributed by atoms with Gasteiger partial charge in [0.1, 0.15) is 12.6 Å². The number of nitrogens with one attached hydrogen (secondary N) is 1. The molecule has 0 saturated heterocycles. The molecule has 1 aliphatic carbocycles. The molecule has 0 bridgehead atoms. The van der Waals surface area contributed by atoms with Crippen LogP contribution in [-0.4, -0.2) is 43.9 Å². The molecule has 1 N–H and O–H groups in total. The van der Waals surface area contributed by atoms with E-state index in [4.69, 9.17) is 9.57 Å². The number of likely N-dealkylation sites (N-methyl/N-ethyl adjacent to an activating group) is 1. The van der Waals surface area contributed by atoms with Crippen molar-refractivity contribution >= 4 is 12.0 Å². The second-order valence-electron chi connectivity index (χ2n) is 7.73. The Morgan fingerprint density at radius 1 is 0.906 bits per heavy atom. The molecular formula is C26H26N2O4. The van der Waals surface area contributed by atoms with E-state index in [1.54, 1.807) is 0 Å². The molecule has 6 heteroatoms. The van der Waals surface area contributed by atoms with E-state index in [0.29, 0.717) is 6.42 Å². The van der Waals surface area contributed by atoms with Crippen LogP contribution < -0.4 is 5.32 Å². The van der Waals surface area contributed by atoms with Crippen LogP contribution in [-0.2, 0) is 20.8 Å². The highest BCUT2D eigenvalue weighted by molar-refractivity contribution is 5.85. The minimum atomic E-state index is -0.807. The van der Waals surface area contributed by atoms with Crippen molar-refractivity contribution in [2.45, 2.75) is 18.4 Å². The standard InChI is InChI=1S/C26H26N2O4/c1-28(31-2)25(29)24(16-18-10-4-3-5-11-18)27-26(30)32-17-23-21-14-8-6-12-19(21)20-13-7-9-15-22(20)23/h3-15,23-24H,16-17H2,1-2H3,(H,27,30). The maximum atomic E-state index is 12.7. The van der Waals surface area contributed by atoms with Crippen molar-refractivity contribution in [1.29, 1.82) is 0 Å². The Labute approximate surface area is 187 Å². The molecular weight excluding hydrogens is 404 g/mol. The molecule has 2 amide bonds. The summed E-state index contributed by atoms with van der Waals surface area (Å²) in [5.74, 6) is -0.400. The van der Waals surface area contributed by atoms with Gasteiger partial charge in [-0.1, -0.05) is 78.9 Å². The molecule has 1 unspecified atom stereocenters. The topological polar surface area (TPSA) is 67.9 Å². The molecule has 0 aromatic heterocycles. The van der Waals surface area contributed by atoms with Crippen LogP contribution in [0.3, 0.4) is 0 Å². The van der Waals surface area contributed by atoms with E-state index in [2.05, 4.69) is 29.6 Å². The third-order valence-corrected chi connectivity index (χ3v) is 5.80. The SMILES string of the molecule is CON(C)C(=O)C(Cc1ccccc1)NC(=O)OCC1c2ccccc2-c2ccccc21. The molecule has 0 radical (unpaired) electrons. The molecule has 3 aromatic carbocycles. The molecule has 0 aliphatic heterocycles. The molecule has 6 nitrogen and oxygen atoms in total. The molecule has 0 heterocycles. The number of hydroxylamine groups is 2. The van der Waals surface area contributed by atoms with Gasteiger partial charge in [-0.3, -0.25) is 9.63 Å². The first-order valence-electron chi connectivity index (χ1n) is 10.6. The summed E-state index contributed by atoms with van der Waals surface area (Å²) in [5, 5.41) is 3.83. The van der Waals surface area contributed by atoms with E-state index in [9.17, 15) is 9.59 Å². The highest BCUT2D eigenvalue weighted by Crippen LogP contribution is 2.44. The van der Waals surface area contributed by atoms with Crippen molar-refractivity contribution in [1.82, 2.24) is 10.4 Å². The summed E-state index contributed by atoms with van der Waals surface area (Å²) < 4.78 is 5.61. The Bertz CT molecular complexity index is 1050. The Morgan fingerprint density at radius 2 is 1.47 bits per heavy atom. The number of alkyl carbamates (subject to hydrolysis) is 1. The zero-order chi connectivity index (χ0) is 22.5. The summed E-state index contributed by atoms with van der Waals surface area (Å²) in [4.78, 5) is 30.5. The fourth-order valence-corrected chi connectivity index (χ4v) is 4.14. The van der Waals surface area contributed by atoms with Crippen molar-refractivity contribution in [3.05, 3.63) is 95.6 Å². The number of carbonyl (C=O) groups is 2. The molecule has 0 saturated carbocycles. The smallest absolute Gasteiger partial charge is 0.407 e. The van der Waals surface area contributed by atoms with Crippen molar-refractivity contribution in [3.63, 3.8) is 0 Å². The minimum Gasteiger partial charge on any atom is -0.449 e. The van der Waals surface area contributed by atoms with Crippen LogP contribution in [0.1, 0.15) is 22.6 Å². The second-order valence-corrected chi connectivity index (χ2v) is 7.73. The Kier molecular flexibility index (Phi) is 6.52. The minimum absolute atomic E-state index is 0.0435. The van der Waals surface area contributed by atoms with E-state index in [-0.39, 0.29) is 18.4 Å². The predicted molar refractivity (Wildman–Crippen MR) is 122 cm³/mol. The third kappa shape index (κ3) is 4.50. The van der Waals surface area contributed by atoms with Crippen LogP contribution in [0.25, 0.3) is 11.1 Å². The van der Waals surface area contributed by atoms with Gasteiger partial charge in [0.2, 0.25) is 0 Å². The molecule has 3 aromatic rings. The summed E-state index contributed by atoms with van der Waals surface area (Å²) in [6.07, 6.45) is -0.303. The van der Waals surface area contributed by atoms with Crippen LogP contribution >= 0.6 is 0 Å². The number of nitrogens with zero attached hydrogens (tertiary/aromatic N) is 1. The maximum absolute atomic E-state index is 12.7. The van der Waals surface area contributed by atoms with Crippen LogP contribution in [0.15, 0.2) is 78.9 Å². The molecule has 4 rings (SSSR count). The number of hydrogen-bond acceptors (Lipinski definition) is 4. The maximum Gasteiger partial charge on any atom is 0.407 e. The average Bonchev–Trinajstić information content (AvgIpc) is 3.15. The lowest BCUT2D eigenvalue weighted by Crippen LogP contribution is -2.48. The number of rotatable bonds is 7. The number of fused-ring (bicyclic) bond motifs is 3. The zero-order valence-electron chi connectivity index (χ0n) is 18.2. The lowest BCUT2D eigenvalue weighted by Gasteiger charge is -2.23. The Morgan fingerprint density at radius 3 is 2.06 bits per heavy atom. The molecule has 1 atom stereocenters. The van der Waals surface area contributed by atoms with Crippen LogP contribution in [0.2, 0.25) is 0 Å². The third-order valence-electron chi connectivity index (χ3n) is 5.80. The van der Waals surface area contributed by atoms with Gasteiger partial charge in [-0.15, -0.1) is 0 Å². The Hall–Kier alpha value is -3.64. The van der Waals surface area contributed by atoms with E-state index in [0.717, 1.165) is 32.9 Å². The van der Waals surface area contributed by atoms with Crippen molar-refractivity contribution in [2.75, 3.05) is 20.8 Å². The summed E-state index contributed by atoms with van der Waals surface area (Å²) in [6, 6.07) is 25.0. The lowest BCUT2D eigenvalue weighted by molar-refractivity contribution is -0.170. The largest absolute Gasteiger partial charge is 0.449 e. The lowest BCUT2D eigenvalue weighted by atomic mass is 9.98. The fraction of sp³-hybridized carbons (Fsp3) is 0.231. The number of ether oxygens (including phenoxy) is 1. The van der Waals surface area contributed by atoms with Gasteiger partial charge < -0.3 is 10.1 Å². The van der Waals surface area contributed by atoms with Crippen LogP contribution in [0.5, 0.6) is 0 Å². The fourth-order valence-electron chi connectivity index (χ4n) is 4.14. The molecule has 1 aliphatic rings. The van der Waals surface area contributed by atoms with Crippen molar-refractivity contribution in [3.8, 4) is 11.1 Å². The molecule has 0 spiro atoms. The Balaban J connectivity index is 1.46. The first-order chi connectivity index (χ1) is 15.6. The van der Waals surface area contributed by atoms with Gasteiger partial charge in [-0.2, -0.15) is 0 Å². The van der Waals surface area contributed by atoms with Gasteiger partial charge in [-0.05, 0) is 27.8 Å². The van der Waals surface area contributed by atoms with Gasteiger partial charge >= 0.3 is 6.09 Å². The monoisotopic (exact) mass is 430 g/mol. The van der Waals surface area contributed by atoms with Gasteiger partial charge in [0.25, 0.3) is 5.91 Å². The highest BCUT2D eigenvalue weighted by atomic mass is 16.7. The second kappa shape index (κ2) is 9.66. The summed E-state index contributed by atoms with van der Waals surface area (Å²) in [7, 11) is 2.92. The normalized spacial score (nSPS) is 13.1.